The van der Waals surface area contributed by atoms with Gasteiger partial charge in [-0.2, -0.15) is 0 Å². The maximum atomic E-state index is 13.9. The number of nitrogens with one attached hydrogen (secondary N) is 1. The summed E-state index contributed by atoms with van der Waals surface area (Å²) in [6.45, 7) is 1.86. The quantitative estimate of drug-likeness (QED) is 0.680. The number of hydrogen-bond acceptors (Lipinski definition) is 5. The standard InChI is InChI=1S/C20H19FN2O3S/c1-12(13-8-9-17(25-2)18(10-13)26-3)22-19(24)16-11-27-20(23-16)14-6-4-5-7-15(14)21/h4-12H,1-3H3,(H,22,24). The fraction of sp³-hybridized carbons (Fsp3) is 0.200. The highest BCUT2D eigenvalue weighted by molar-refractivity contribution is 7.13. The Morgan fingerprint density at radius 3 is 2.59 bits per heavy atom. The van der Waals surface area contributed by atoms with E-state index in [4.69, 9.17) is 9.47 Å². The van der Waals surface area contributed by atoms with Gasteiger partial charge in [0, 0.05) is 10.9 Å². The van der Waals surface area contributed by atoms with E-state index in [-0.39, 0.29) is 23.5 Å². The maximum Gasteiger partial charge on any atom is 0.271 e. The number of carbonyl (C=O) groups excluding carboxylic acids is 1. The number of thiazole rings is 1. The third-order valence-corrected chi connectivity index (χ3v) is 4.97. The van der Waals surface area contributed by atoms with Crippen molar-refractivity contribution in [3.8, 4) is 22.1 Å². The molecule has 3 aromatic rings. The number of aromatic nitrogens is 1. The summed E-state index contributed by atoms with van der Waals surface area (Å²) in [5.41, 5.74) is 1.51. The van der Waals surface area contributed by atoms with Crippen LogP contribution in [0.5, 0.6) is 11.5 Å². The van der Waals surface area contributed by atoms with E-state index in [0.717, 1.165) is 5.56 Å². The van der Waals surface area contributed by atoms with E-state index in [1.807, 2.05) is 19.1 Å². The average Bonchev–Trinajstić information content (AvgIpc) is 3.17. The van der Waals surface area contributed by atoms with Crippen LogP contribution in [0.2, 0.25) is 0 Å². The predicted molar refractivity (Wildman–Crippen MR) is 103 cm³/mol. The monoisotopic (exact) mass is 386 g/mol. The first kappa shape index (κ1) is 18.8. The number of halogens is 1. The summed E-state index contributed by atoms with van der Waals surface area (Å²) in [6.07, 6.45) is 0. The summed E-state index contributed by atoms with van der Waals surface area (Å²) in [6, 6.07) is 11.6. The molecule has 0 radical (unpaired) electrons. The van der Waals surface area contributed by atoms with Crippen LogP contribution in [-0.4, -0.2) is 25.1 Å². The molecule has 7 heteroatoms. The molecule has 0 bridgehead atoms. The molecule has 0 aliphatic heterocycles. The summed E-state index contributed by atoms with van der Waals surface area (Å²) in [5, 5.41) is 4.99. The fourth-order valence-electron chi connectivity index (χ4n) is 2.61. The first-order valence-electron chi connectivity index (χ1n) is 8.26. The van der Waals surface area contributed by atoms with Crippen LogP contribution in [-0.2, 0) is 0 Å². The number of carbonyl (C=O) groups is 1. The molecule has 0 saturated carbocycles. The van der Waals surface area contributed by atoms with Crippen molar-refractivity contribution in [2.24, 2.45) is 0 Å². The van der Waals surface area contributed by atoms with E-state index in [2.05, 4.69) is 10.3 Å². The molecule has 27 heavy (non-hydrogen) atoms. The highest BCUT2D eigenvalue weighted by Crippen LogP contribution is 2.30. The lowest BCUT2D eigenvalue weighted by Gasteiger charge is -2.16. The molecule has 0 fully saturated rings. The number of rotatable bonds is 6. The molecule has 0 spiro atoms. The van der Waals surface area contributed by atoms with Gasteiger partial charge in [0.1, 0.15) is 16.5 Å². The second kappa shape index (κ2) is 8.18. The molecular formula is C20H19FN2O3S. The van der Waals surface area contributed by atoms with Gasteiger partial charge < -0.3 is 14.8 Å². The molecule has 1 atom stereocenters. The van der Waals surface area contributed by atoms with E-state index < -0.39 is 0 Å². The molecule has 0 aliphatic rings. The SMILES string of the molecule is COc1ccc(C(C)NC(=O)c2csc(-c3ccccc3F)n2)cc1OC. The van der Waals surface area contributed by atoms with Crippen LogP contribution in [0.3, 0.4) is 0 Å². The van der Waals surface area contributed by atoms with Gasteiger partial charge in [0.2, 0.25) is 0 Å². The molecule has 1 unspecified atom stereocenters. The van der Waals surface area contributed by atoms with Crippen LogP contribution < -0.4 is 14.8 Å². The van der Waals surface area contributed by atoms with Crippen molar-refractivity contribution in [3.05, 3.63) is 64.9 Å². The lowest BCUT2D eigenvalue weighted by atomic mass is 10.1. The van der Waals surface area contributed by atoms with Gasteiger partial charge in [0.25, 0.3) is 5.91 Å². The second-order valence-electron chi connectivity index (χ2n) is 5.83. The van der Waals surface area contributed by atoms with Crippen LogP contribution in [0.15, 0.2) is 47.8 Å². The number of nitrogens with zero attached hydrogens (tertiary/aromatic N) is 1. The molecule has 1 N–H and O–H groups in total. The normalized spacial score (nSPS) is 11.7. The summed E-state index contributed by atoms with van der Waals surface area (Å²) >= 11 is 1.23. The summed E-state index contributed by atoms with van der Waals surface area (Å²) in [7, 11) is 3.13. The lowest BCUT2D eigenvalue weighted by molar-refractivity contribution is 0.0935. The number of hydrogen-bond donors (Lipinski definition) is 1. The fourth-order valence-corrected chi connectivity index (χ4v) is 3.44. The van der Waals surface area contributed by atoms with Crippen molar-refractivity contribution in [3.63, 3.8) is 0 Å². The van der Waals surface area contributed by atoms with Gasteiger partial charge in [0.05, 0.1) is 20.3 Å². The van der Waals surface area contributed by atoms with Gasteiger partial charge in [-0.3, -0.25) is 4.79 Å². The first-order chi connectivity index (χ1) is 13.0. The molecule has 1 aromatic heterocycles. The van der Waals surface area contributed by atoms with E-state index in [1.54, 1.807) is 43.9 Å². The summed E-state index contributed by atoms with van der Waals surface area (Å²) < 4.78 is 24.4. The van der Waals surface area contributed by atoms with Gasteiger partial charge in [-0.25, -0.2) is 9.37 Å². The number of ether oxygens (including phenoxy) is 2. The molecule has 1 amide bonds. The second-order valence-corrected chi connectivity index (χ2v) is 6.69. The number of benzene rings is 2. The molecule has 0 aliphatic carbocycles. The number of amides is 1. The van der Waals surface area contributed by atoms with E-state index >= 15 is 0 Å². The van der Waals surface area contributed by atoms with E-state index in [9.17, 15) is 9.18 Å². The van der Waals surface area contributed by atoms with Crippen molar-refractivity contribution in [1.29, 1.82) is 0 Å². The minimum Gasteiger partial charge on any atom is -0.493 e. The van der Waals surface area contributed by atoms with Gasteiger partial charge in [-0.1, -0.05) is 18.2 Å². The summed E-state index contributed by atoms with van der Waals surface area (Å²) in [4.78, 5) is 16.8. The smallest absolute Gasteiger partial charge is 0.271 e. The Balaban J connectivity index is 1.75. The Morgan fingerprint density at radius 2 is 1.89 bits per heavy atom. The summed E-state index contributed by atoms with van der Waals surface area (Å²) in [5.74, 6) is 0.522. The van der Waals surface area contributed by atoms with Crippen molar-refractivity contribution in [1.82, 2.24) is 10.3 Å². The molecule has 5 nitrogen and oxygen atoms in total. The topological polar surface area (TPSA) is 60.5 Å². The average molecular weight is 386 g/mol. The van der Waals surface area contributed by atoms with Crippen LogP contribution in [0.25, 0.3) is 10.6 Å². The van der Waals surface area contributed by atoms with Crippen molar-refractivity contribution in [2.75, 3.05) is 14.2 Å². The zero-order valence-corrected chi connectivity index (χ0v) is 16.0. The minimum absolute atomic E-state index is 0.255. The molecular weight excluding hydrogens is 367 g/mol. The van der Waals surface area contributed by atoms with Gasteiger partial charge in [0.15, 0.2) is 11.5 Å². The van der Waals surface area contributed by atoms with Gasteiger partial charge >= 0.3 is 0 Å². The van der Waals surface area contributed by atoms with Crippen LogP contribution in [0, 0.1) is 5.82 Å². The molecule has 3 rings (SSSR count). The van der Waals surface area contributed by atoms with Crippen molar-refractivity contribution in [2.45, 2.75) is 13.0 Å². The number of methoxy groups -OCH3 is 2. The largest absolute Gasteiger partial charge is 0.493 e. The Labute approximate surface area is 160 Å². The van der Waals surface area contributed by atoms with E-state index in [0.29, 0.717) is 22.1 Å². The van der Waals surface area contributed by atoms with Crippen LogP contribution >= 0.6 is 11.3 Å². The Bertz CT molecular complexity index is 958. The third-order valence-electron chi connectivity index (χ3n) is 4.10. The van der Waals surface area contributed by atoms with E-state index in [1.165, 1.54) is 17.4 Å². The zero-order chi connectivity index (χ0) is 19.4. The third kappa shape index (κ3) is 4.09. The molecule has 0 saturated heterocycles. The highest BCUT2D eigenvalue weighted by atomic mass is 32.1. The van der Waals surface area contributed by atoms with Crippen LogP contribution in [0.1, 0.15) is 29.0 Å². The molecule has 2 aromatic carbocycles. The molecule has 140 valence electrons. The molecule has 1 heterocycles. The predicted octanol–water partition coefficient (Wildman–Crippen LogP) is 4.46. The maximum absolute atomic E-state index is 13.9. The van der Waals surface area contributed by atoms with Gasteiger partial charge in [-0.05, 0) is 36.8 Å². The Kier molecular flexibility index (Phi) is 5.71. The highest BCUT2D eigenvalue weighted by Gasteiger charge is 2.17. The first-order valence-corrected chi connectivity index (χ1v) is 9.14. The Morgan fingerprint density at radius 1 is 1.15 bits per heavy atom. The Hall–Kier alpha value is -2.93. The zero-order valence-electron chi connectivity index (χ0n) is 15.2. The minimum atomic E-state index is -0.363. The van der Waals surface area contributed by atoms with Gasteiger partial charge in [-0.15, -0.1) is 11.3 Å². The van der Waals surface area contributed by atoms with Crippen molar-refractivity contribution >= 4 is 17.2 Å². The lowest BCUT2D eigenvalue weighted by Crippen LogP contribution is -2.26. The van der Waals surface area contributed by atoms with Crippen LogP contribution in [0.4, 0.5) is 4.39 Å². The van der Waals surface area contributed by atoms with Crippen molar-refractivity contribution < 1.29 is 18.7 Å².